The first-order valence-corrected chi connectivity index (χ1v) is 5.62. The van der Waals surface area contributed by atoms with Crippen LogP contribution in [-0.4, -0.2) is 37.6 Å². The molecule has 1 aromatic rings. The maximum atomic E-state index is 12.9. The van der Waals surface area contributed by atoms with Crippen LogP contribution >= 0.6 is 0 Å². The SMILES string of the molecule is Fc1cc(F)cc(C#CCN2CCNCC2)c1. The van der Waals surface area contributed by atoms with E-state index in [4.69, 9.17) is 0 Å². The highest BCUT2D eigenvalue weighted by Crippen LogP contribution is 2.06. The zero-order valence-corrected chi connectivity index (χ0v) is 9.47. The molecule has 2 nitrogen and oxygen atoms in total. The van der Waals surface area contributed by atoms with E-state index in [-0.39, 0.29) is 0 Å². The van der Waals surface area contributed by atoms with Crippen LogP contribution in [-0.2, 0) is 0 Å². The Morgan fingerprint density at radius 2 is 1.76 bits per heavy atom. The summed E-state index contributed by atoms with van der Waals surface area (Å²) in [6.45, 7) is 4.50. The molecule has 0 amide bonds. The van der Waals surface area contributed by atoms with Gasteiger partial charge in [0.15, 0.2) is 0 Å². The van der Waals surface area contributed by atoms with E-state index in [2.05, 4.69) is 22.1 Å². The Kier molecular flexibility index (Phi) is 4.08. The smallest absolute Gasteiger partial charge is 0.127 e. The van der Waals surface area contributed by atoms with Crippen molar-refractivity contribution in [3.05, 3.63) is 35.4 Å². The van der Waals surface area contributed by atoms with E-state index in [1.54, 1.807) is 0 Å². The van der Waals surface area contributed by atoms with Gasteiger partial charge in [-0.1, -0.05) is 11.8 Å². The minimum absolute atomic E-state index is 0.387. The fraction of sp³-hybridized carbons (Fsp3) is 0.385. The summed E-state index contributed by atoms with van der Waals surface area (Å²) in [6.07, 6.45) is 0. The minimum Gasteiger partial charge on any atom is -0.314 e. The van der Waals surface area contributed by atoms with Gasteiger partial charge >= 0.3 is 0 Å². The van der Waals surface area contributed by atoms with Gasteiger partial charge in [-0.05, 0) is 12.1 Å². The van der Waals surface area contributed by atoms with Crippen molar-refractivity contribution in [3.8, 4) is 11.8 Å². The topological polar surface area (TPSA) is 15.3 Å². The molecular weight excluding hydrogens is 222 g/mol. The van der Waals surface area contributed by atoms with E-state index < -0.39 is 11.6 Å². The van der Waals surface area contributed by atoms with Crippen molar-refractivity contribution in [2.75, 3.05) is 32.7 Å². The van der Waals surface area contributed by atoms with E-state index in [0.717, 1.165) is 32.2 Å². The Morgan fingerprint density at radius 3 is 2.41 bits per heavy atom. The van der Waals surface area contributed by atoms with E-state index in [0.29, 0.717) is 12.1 Å². The van der Waals surface area contributed by atoms with Gasteiger partial charge in [-0.3, -0.25) is 4.90 Å². The Balaban J connectivity index is 1.95. The van der Waals surface area contributed by atoms with Crippen LogP contribution in [0, 0.1) is 23.5 Å². The molecule has 1 N–H and O–H groups in total. The summed E-state index contributed by atoms with van der Waals surface area (Å²) in [5.74, 6) is 4.55. The van der Waals surface area contributed by atoms with Crippen molar-refractivity contribution in [1.29, 1.82) is 0 Å². The summed E-state index contributed by atoms with van der Waals surface area (Å²) in [5.41, 5.74) is 0.387. The molecule has 4 heteroatoms. The van der Waals surface area contributed by atoms with Gasteiger partial charge in [0, 0.05) is 37.8 Å². The van der Waals surface area contributed by atoms with Gasteiger partial charge in [0.2, 0.25) is 0 Å². The Hall–Kier alpha value is -1.44. The first kappa shape index (κ1) is 12.0. The molecule has 0 spiro atoms. The summed E-state index contributed by atoms with van der Waals surface area (Å²) >= 11 is 0. The van der Waals surface area contributed by atoms with Gasteiger partial charge in [-0.2, -0.15) is 0 Å². The number of piperazine rings is 1. The van der Waals surface area contributed by atoms with Crippen LogP contribution in [0.5, 0.6) is 0 Å². The summed E-state index contributed by atoms with van der Waals surface area (Å²) in [6, 6.07) is 3.34. The van der Waals surface area contributed by atoms with Gasteiger partial charge in [0.1, 0.15) is 11.6 Å². The molecule has 0 atom stereocenters. The lowest BCUT2D eigenvalue weighted by molar-refractivity contribution is 0.268. The maximum Gasteiger partial charge on any atom is 0.127 e. The highest BCUT2D eigenvalue weighted by molar-refractivity contribution is 5.35. The molecule has 0 saturated carbocycles. The van der Waals surface area contributed by atoms with Crippen LogP contribution in [0.3, 0.4) is 0 Å². The van der Waals surface area contributed by atoms with Gasteiger partial charge in [0.25, 0.3) is 0 Å². The van der Waals surface area contributed by atoms with Crippen molar-refractivity contribution in [1.82, 2.24) is 10.2 Å². The average molecular weight is 236 g/mol. The van der Waals surface area contributed by atoms with Crippen LogP contribution in [0.25, 0.3) is 0 Å². The van der Waals surface area contributed by atoms with Crippen molar-refractivity contribution in [3.63, 3.8) is 0 Å². The first-order valence-electron chi connectivity index (χ1n) is 5.62. The summed E-state index contributed by atoms with van der Waals surface area (Å²) in [7, 11) is 0. The molecule has 17 heavy (non-hydrogen) atoms. The van der Waals surface area contributed by atoms with Gasteiger partial charge in [-0.15, -0.1) is 0 Å². The molecule has 2 rings (SSSR count). The molecule has 0 unspecified atom stereocenters. The van der Waals surface area contributed by atoms with Gasteiger partial charge in [0.05, 0.1) is 6.54 Å². The highest BCUT2D eigenvalue weighted by atomic mass is 19.1. The standard InChI is InChI=1S/C13H14F2N2/c14-12-8-11(9-13(15)10-12)2-1-5-17-6-3-16-4-7-17/h8-10,16H,3-7H2. The molecule has 0 bridgehead atoms. The highest BCUT2D eigenvalue weighted by Gasteiger charge is 2.06. The molecule has 0 radical (unpaired) electrons. The number of nitrogens with one attached hydrogen (secondary N) is 1. The molecular formula is C13H14F2N2. The zero-order chi connectivity index (χ0) is 12.1. The third-order valence-electron chi connectivity index (χ3n) is 2.61. The van der Waals surface area contributed by atoms with E-state index >= 15 is 0 Å². The van der Waals surface area contributed by atoms with Gasteiger partial charge < -0.3 is 5.32 Å². The van der Waals surface area contributed by atoms with E-state index in [1.165, 1.54) is 12.1 Å². The number of halogens is 2. The summed E-state index contributed by atoms with van der Waals surface area (Å²) in [5, 5.41) is 3.25. The lowest BCUT2D eigenvalue weighted by Gasteiger charge is -2.24. The second-order valence-electron chi connectivity index (χ2n) is 3.99. The van der Waals surface area contributed by atoms with E-state index in [1.807, 2.05) is 0 Å². The molecule has 1 aromatic carbocycles. The second-order valence-corrected chi connectivity index (χ2v) is 3.99. The number of hydrogen-bond donors (Lipinski definition) is 1. The lowest BCUT2D eigenvalue weighted by atomic mass is 10.2. The maximum absolute atomic E-state index is 12.9. The Labute approximate surface area is 99.6 Å². The quantitative estimate of drug-likeness (QED) is 0.738. The Morgan fingerprint density at radius 1 is 1.12 bits per heavy atom. The van der Waals surface area contributed by atoms with Crippen molar-refractivity contribution >= 4 is 0 Å². The fourth-order valence-electron chi connectivity index (χ4n) is 1.75. The average Bonchev–Trinajstić information content (AvgIpc) is 2.29. The molecule has 1 fully saturated rings. The fourth-order valence-corrected chi connectivity index (χ4v) is 1.75. The number of benzene rings is 1. The van der Waals surface area contributed by atoms with Crippen LogP contribution in [0.4, 0.5) is 8.78 Å². The Bertz CT molecular complexity index is 422. The van der Waals surface area contributed by atoms with Crippen LogP contribution < -0.4 is 5.32 Å². The monoisotopic (exact) mass is 236 g/mol. The number of rotatable bonds is 1. The predicted octanol–water partition coefficient (Wildman–Crippen LogP) is 1.22. The van der Waals surface area contributed by atoms with Crippen molar-refractivity contribution in [2.24, 2.45) is 0 Å². The molecule has 90 valence electrons. The van der Waals surface area contributed by atoms with Crippen molar-refractivity contribution < 1.29 is 8.78 Å². The second kappa shape index (κ2) is 5.76. The summed E-state index contributed by atoms with van der Waals surface area (Å²) in [4.78, 5) is 2.21. The van der Waals surface area contributed by atoms with Crippen molar-refractivity contribution in [2.45, 2.75) is 0 Å². The molecule has 0 aromatic heterocycles. The van der Waals surface area contributed by atoms with E-state index in [9.17, 15) is 8.78 Å². The molecule has 1 heterocycles. The van der Waals surface area contributed by atoms with Gasteiger partial charge in [-0.25, -0.2) is 8.78 Å². The van der Waals surface area contributed by atoms with Crippen LogP contribution in [0.1, 0.15) is 5.56 Å². The molecule has 0 aliphatic carbocycles. The summed E-state index contributed by atoms with van der Waals surface area (Å²) < 4.78 is 25.8. The zero-order valence-electron chi connectivity index (χ0n) is 9.47. The number of hydrogen-bond acceptors (Lipinski definition) is 2. The molecule has 1 saturated heterocycles. The minimum atomic E-state index is -0.587. The molecule has 1 aliphatic rings. The third-order valence-corrected chi connectivity index (χ3v) is 2.61. The third kappa shape index (κ3) is 3.81. The number of nitrogens with zero attached hydrogens (tertiary/aromatic N) is 1. The normalized spacial score (nSPS) is 16.4. The lowest BCUT2D eigenvalue weighted by Crippen LogP contribution is -2.43. The first-order chi connectivity index (χ1) is 8.24. The largest absolute Gasteiger partial charge is 0.314 e. The van der Waals surface area contributed by atoms with Crippen LogP contribution in [0.15, 0.2) is 18.2 Å². The molecule has 1 aliphatic heterocycles. The van der Waals surface area contributed by atoms with Crippen LogP contribution in [0.2, 0.25) is 0 Å². The predicted molar refractivity (Wildman–Crippen MR) is 62.5 cm³/mol.